The van der Waals surface area contributed by atoms with Crippen LogP contribution in [0.2, 0.25) is 0 Å². The highest BCUT2D eigenvalue weighted by Crippen LogP contribution is 2.40. The predicted molar refractivity (Wildman–Crippen MR) is 98.1 cm³/mol. The first kappa shape index (κ1) is 17.7. The molecule has 140 valence electrons. The molecule has 7 heteroatoms. The summed E-state index contributed by atoms with van der Waals surface area (Å²) in [6.07, 6.45) is 5.99. The van der Waals surface area contributed by atoms with E-state index in [1.165, 1.54) is 6.20 Å². The Kier molecular flexibility index (Phi) is 4.86. The van der Waals surface area contributed by atoms with Crippen molar-refractivity contribution in [3.8, 4) is 0 Å². The minimum absolute atomic E-state index is 0.0329. The van der Waals surface area contributed by atoms with Crippen LogP contribution in [0.5, 0.6) is 0 Å². The first-order valence-electron chi connectivity index (χ1n) is 9.31. The van der Waals surface area contributed by atoms with Crippen LogP contribution in [0.4, 0.5) is 0 Å². The normalized spacial score (nSPS) is 24.7. The molecule has 1 aliphatic heterocycles. The second kappa shape index (κ2) is 7.13. The first-order chi connectivity index (χ1) is 12.6. The van der Waals surface area contributed by atoms with Gasteiger partial charge in [-0.15, -0.1) is 0 Å². The van der Waals surface area contributed by atoms with E-state index in [4.69, 9.17) is 4.74 Å². The monoisotopic (exact) mass is 375 g/mol. The molecule has 1 aliphatic carbocycles. The molecule has 1 saturated carbocycles. The minimum atomic E-state index is -3.57. The molecule has 2 atom stereocenters. The first-order valence-corrected chi connectivity index (χ1v) is 10.7. The zero-order valence-electron chi connectivity index (χ0n) is 15.0. The van der Waals surface area contributed by atoms with Gasteiger partial charge in [-0.1, -0.05) is 37.3 Å². The maximum Gasteiger partial charge on any atom is 0.246 e. The lowest BCUT2D eigenvalue weighted by Crippen LogP contribution is -2.47. The fourth-order valence-corrected chi connectivity index (χ4v) is 4.92. The Morgan fingerprint density at radius 1 is 1.19 bits per heavy atom. The average Bonchev–Trinajstić information content (AvgIpc) is 3.41. The van der Waals surface area contributed by atoms with Gasteiger partial charge in [-0.25, -0.2) is 8.42 Å². The van der Waals surface area contributed by atoms with Gasteiger partial charge in [0.05, 0.1) is 18.4 Å². The molecule has 2 aliphatic rings. The number of nitrogens with zero attached hydrogens (tertiary/aromatic N) is 3. The second-order valence-corrected chi connectivity index (χ2v) is 9.11. The van der Waals surface area contributed by atoms with Crippen LogP contribution in [0.1, 0.15) is 37.9 Å². The van der Waals surface area contributed by atoms with Crippen molar-refractivity contribution in [2.24, 2.45) is 5.92 Å². The molecule has 1 saturated heterocycles. The minimum Gasteiger partial charge on any atom is -0.367 e. The third kappa shape index (κ3) is 3.56. The highest BCUT2D eigenvalue weighted by Gasteiger charge is 2.42. The third-order valence-corrected chi connectivity index (χ3v) is 6.90. The van der Waals surface area contributed by atoms with Crippen molar-refractivity contribution in [3.05, 3.63) is 48.3 Å². The number of aryl methyl sites for hydroxylation is 1. The summed E-state index contributed by atoms with van der Waals surface area (Å²) in [5.41, 5.74) is 1.03. The maximum atomic E-state index is 13.2. The predicted octanol–water partition coefficient (Wildman–Crippen LogP) is 2.83. The summed E-state index contributed by atoms with van der Waals surface area (Å²) in [7, 11) is -3.57. The quantitative estimate of drug-likeness (QED) is 0.779. The number of rotatable bonds is 6. The van der Waals surface area contributed by atoms with Crippen molar-refractivity contribution in [3.63, 3.8) is 0 Å². The third-order valence-electron chi connectivity index (χ3n) is 5.11. The summed E-state index contributed by atoms with van der Waals surface area (Å²) in [5, 5.41) is 4.19. The Hall–Kier alpha value is -1.70. The van der Waals surface area contributed by atoms with Gasteiger partial charge in [-0.05, 0) is 30.7 Å². The Morgan fingerprint density at radius 2 is 1.96 bits per heavy atom. The van der Waals surface area contributed by atoms with E-state index in [1.54, 1.807) is 15.2 Å². The average molecular weight is 375 g/mol. The molecule has 0 spiro atoms. The summed E-state index contributed by atoms with van der Waals surface area (Å²) >= 11 is 0. The Morgan fingerprint density at radius 3 is 2.65 bits per heavy atom. The van der Waals surface area contributed by atoms with Gasteiger partial charge in [0.15, 0.2) is 0 Å². The van der Waals surface area contributed by atoms with Crippen LogP contribution in [0, 0.1) is 5.92 Å². The summed E-state index contributed by atoms with van der Waals surface area (Å²) in [6.45, 7) is 3.53. The van der Waals surface area contributed by atoms with Crippen molar-refractivity contribution >= 4 is 10.0 Å². The highest BCUT2D eigenvalue weighted by molar-refractivity contribution is 7.89. The molecule has 2 fully saturated rings. The van der Waals surface area contributed by atoms with E-state index < -0.39 is 10.0 Å². The van der Waals surface area contributed by atoms with E-state index in [0.29, 0.717) is 19.0 Å². The van der Waals surface area contributed by atoms with Gasteiger partial charge in [0.1, 0.15) is 4.90 Å². The largest absolute Gasteiger partial charge is 0.367 e. The number of aromatic nitrogens is 2. The van der Waals surface area contributed by atoms with Crippen LogP contribution in [0.15, 0.2) is 47.6 Å². The lowest BCUT2D eigenvalue weighted by atomic mass is 10.1. The Labute approximate surface area is 154 Å². The molecule has 0 amide bonds. The fraction of sp³-hybridized carbons (Fsp3) is 0.526. The number of ether oxygens (including phenoxy) is 1. The van der Waals surface area contributed by atoms with Crippen molar-refractivity contribution in [1.82, 2.24) is 14.1 Å². The molecule has 2 heterocycles. The molecule has 0 radical (unpaired) electrons. The molecule has 0 unspecified atom stereocenters. The van der Waals surface area contributed by atoms with Crippen LogP contribution in [0.3, 0.4) is 0 Å². The van der Waals surface area contributed by atoms with Crippen LogP contribution < -0.4 is 0 Å². The number of hydrogen-bond acceptors (Lipinski definition) is 4. The van der Waals surface area contributed by atoms with E-state index in [9.17, 15) is 8.42 Å². The van der Waals surface area contributed by atoms with Gasteiger partial charge < -0.3 is 4.74 Å². The Balaban J connectivity index is 1.60. The highest BCUT2D eigenvalue weighted by atomic mass is 32.2. The number of benzene rings is 1. The molecule has 0 N–H and O–H groups in total. The van der Waals surface area contributed by atoms with Gasteiger partial charge in [-0.3, -0.25) is 4.68 Å². The van der Waals surface area contributed by atoms with Crippen molar-refractivity contribution < 1.29 is 13.2 Å². The summed E-state index contributed by atoms with van der Waals surface area (Å²) < 4.78 is 35.9. The molecular formula is C19H25N3O3S. The van der Waals surface area contributed by atoms with Crippen molar-refractivity contribution in [1.29, 1.82) is 0 Å². The lowest BCUT2D eigenvalue weighted by molar-refractivity contribution is -0.0747. The zero-order valence-corrected chi connectivity index (χ0v) is 15.8. The van der Waals surface area contributed by atoms with Gasteiger partial charge in [-0.2, -0.15) is 9.40 Å². The molecule has 1 aromatic heterocycles. The number of hydrogen-bond donors (Lipinski definition) is 0. The summed E-state index contributed by atoms with van der Waals surface area (Å²) in [5.74, 6) is 0.474. The summed E-state index contributed by atoms with van der Waals surface area (Å²) in [4.78, 5) is 0.272. The maximum absolute atomic E-state index is 13.2. The zero-order chi connectivity index (χ0) is 18.1. The number of sulfonamides is 1. The second-order valence-electron chi connectivity index (χ2n) is 7.17. The molecule has 4 rings (SSSR count). The Bertz CT molecular complexity index is 846. The molecular weight excluding hydrogens is 350 g/mol. The molecule has 1 aromatic carbocycles. The van der Waals surface area contributed by atoms with E-state index in [0.717, 1.165) is 31.4 Å². The van der Waals surface area contributed by atoms with Crippen molar-refractivity contribution in [2.75, 3.05) is 13.1 Å². The summed E-state index contributed by atoms with van der Waals surface area (Å²) in [6, 6.07) is 9.90. The van der Waals surface area contributed by atoms with E-state index in [1.807, 2.05) is 37.3 Å². The molecule has 0 bridgehead atoms. The lowest BCUT2D eigenvalue weighted by Gasteiger charge is -2.37. The fourth-order valence-electron chi connectivity index (χ4n) is 3.51. The standard InChI is InChI=1S/C19H25N3O3S/c1-2-10-21-12-17(11-20-21)26(23,24)22-13-18(15-6-4-3-5-7-15)25-19(14-22)16-8-9-16/h3-7,11-12,16,18-19H,2,8-10,13-14H2,1H3/t18-,19+/m0/s1. The SMILES string of the molecule is CCCn1cc(S(=O)(=O)N2C[C@@H](c3ccccc3)O[C@@H](C3CC3)C2)cn1. The van der Waals surface area contributed by atoms with Gasteiger partial charge >= 0.3 is 0 Å². The van der Waals surface area contributed by atoms with Gasteiger partial charge in [0, 0.05) is 25.8 Å². The van der Waals surface area contributed by atoms with E-state index in [2.05, 4.69) is 5.10 Å². The van der Waals surface area contributed by atoms with Crippen LogP contribution in [-0.2, 0) is 21.3 Å². The van der Waals surface area contributed by atoms with Gasteiger partial charge in [0.25, 0.3) is 0 Å². The molecule has 26 heavy (non-hydrogen) atoms. The molecule has 2 aromatic rings. The van der Waals surface area contributed by atoms with E-state index >= 15 is 0 Å². The number of morpholine rings is 1. The van der Waals surface area contributed by atoms with Crippen LogP contribution >= 0.6 is 0 Å². The topological polar surface area (TPSA) is 64.4 Å². The van der Waals surface area contributed by atoms with Crippen molar-refractivity contribution in [2.45, 2.75) is 49.8 Å². The van der Waals surface area contributed by atoms with Gasteiger partial charge in [0.2, 0.25) is 10.0 Å². The van der Waals surface area contributed by atoms with Crippen LogP contribution in [0.25, 0.3) is 0 Å². The van der Waals surface area contributed by atoms with Crippen LogP contribution in [-0.4, -0.2) is 41.7 Å². The van der Waals surface area contributed by atoms with E-state index in [-0.39, 0.29) is 17.1 Å². The molecule has 6 nitrogen and oxygen atoms in total. The smallest absolute Gasteiger partial charge is 0.246 e.